The second-order valence-electron chi connectivity index (χ2n) is 6.37. The number of fused-ring (bicyclic) bond motifs is 1. The predicted molar refractivity (Wildman–Crippen MR) is 109 cm³/mol. The van der Waals surface area contributed by atoms with E-state index in [1.807, 2.05) is 67.6 Å². The summed E-state index contributed by atoms with van der Waals surface area (Å²) in [6, 6.07) is 28.1. The third kappa shape index (κ3) is 3.09. The molecule has 4 aromatic carbocycles. The smallest absolute Gasteiger partial charge is 0.132 e. The molecule has 0 saturated carbocycles. The van der Waals surface area contributed by atoms with Crippen LogP contribution in [-0.4, -0.2) is 11.3 Å². The highest BCUT2D eigenvalue weighted by Gasteiger charge is 2.12. The van der Waals surface area contributed by atoms with Crippen LogP contribution in [0.3, 0.4) is 0 Å². The van der Waals surface area contributed by atoms with E-state index in [1.54, 1.807) is 6.21 Å². The summed E-state index contributed by atoms with van der Waals surface area (Å²) >= 11 is 0. The molecule has 0 aliphatic carbocycles. The maximum atomic E-state index is 10.9. The molecule has 0 aromatic heterocycles. The zero-order valence-electron chi connectivity index (χ0n) is 14.6. The lowest BCUT2D eigenvalue weighted by Crippen LogP contribution is -1.90. The Hall–Kier alpha value is -3.39. The molecule has 0 amide bonds. The van der Waals surface area contributed by atoms with Crippen LogP contribution in [0.15, 0.2) is 89.9 Å². The lowest BCUT2D eigenvalue weighted by Gasteiger charge is -2.12. The maximum Gasteiger partial charge on any atom is 0.132 e. The fourth-order valence-electron chi connectivity index (χ4n) is 3.23. The molecular weight excluding hydrogens is 318 g/mol. The van der Waals surface area contributed by atoms with Crippen LogP contribution in [0.2, 0.25) is 0 Å². The van der Waals surface area contributed by atoms with E-state index in [1.165, 1.54) is 0 Å². The van der Waals surface area contributed by atoms with E-state index in [0.29, 0.717) is 0 Å². The molecular formula is C24H19NO. The number of para-hydroxylation sites is 1. The first-order valence-corrected chi connectivity index (χ1v) is 8.63. The summed E-state index contributed by atoms with van der Waals surface area (Å²) in [4.78, 5) is 4.49. The van der Waals surface area contributed by atoms with Crippen molar-refractivity contribution in [1.29, 1.82) is 0 Å². The molecule has 0 unspecified atom stereocenters. The third-order valence-corrected chi connectivity index (χ3v) is 4.47. The zero-order valence-corrected chi connectivity index (χ0v) is 14.6. The van der Waals surface area contributed by atoms with Gasteiger partial charge in [-0.25, -0.2) is 0 Å². The molecule has 4 rings (SSSR count). The first kappa shape index (κ1) is 16.1. The van der Waals surface area contributed by atoms with Gasteiger partial charge in [-0.2, -0.15) is 0 Å². The van der Waals surface area contributed by atoms with Crippen LogP contribution in [0.5, 0.6) is 5.75 Å². The molecule has 0 aliphatic rings. The Kier molecular flexibility index (Phi) is 4.24. The lowest BCUT2D eigenvalue weighted by atomic mass is 9.94. The van der Waals surface area contributed by atoms with Crippen molar-refractivity contribution in [3.8, 4) is 16.9 Å². The van der Waals surface area contributed by atoms with Crippen molar-refractivity contribution in [2.24, 2.45) is 4.99 Å². The molecule has 0 fully saturated rings. The van der Waals surface area contributed by atoms with Crippen molar-refractivity contribution in [1.82, 2.24) is 0 Å². The van der Waals surface area contributed by atoms with Crippen LogP contribution in [0.1, 0.15) is 11.1 Å². The van der Waals surface area contributed by atoms with E-state index in [0.717, 1.165) is 38.7 Å². The topological polar surface area (TPSA) is 32.6 Å². The van der Waals surface area contributed by atoms with E-state index in [2.05, 4.69) is 29.3 Å². The molecule has 0 aliphatic heterocycles. The average molecular weight is 337 g/mol. The van der Waals surface area contributed by atoms with Crippen LogP contribution in [-0.2, 0) is 0 Å². The van der Waals surface area contributed by atoms with Gasteiger partial charge in [-0.1, -0.05) is 60.7 Å². The van der Waals surface area contributed by atoms with Crippen LogP contribution in [0.4, 0.5) is 5.69 Å². The summed E-state index contributed by atoms with van der Waals surface area (Å²) in [6.45, 7) is 2.04. The Bertz CT molecular complexity index is 1090. The predicted octanol–water partition coefficient (Wildman–Crippen LogP) is 6.27. The van der Waals surface area contributed by atoms with Gasteiger partial charge in [0.05, 0.1) is 5.69 Å². The Balaban J connectivity index is 1.85. The number of phenolic OH excluding ortho intramolecular Hbond substituents is 1. The van der Waals surface area contributed by atoms with Gasteiger partial charge in [0, 0.05) is 17.3 Å². The minimum Gasteiger partial charge on any atom is -0.507 e. The number of hydrogen-bond donors (Lipinski definition) is 1. The second-order valence-corrected chi connectivity index (χ2v) is 6.37. The number of nitrogens with zero attached hydrogens (tertiary/aromatic N) is 1. The van der Waals surface area contributed by atoms with E-state index in [4.69, 9.17) is 0 Å². The van der Waals surface area contributed by atoms with Crippen molar-refractivity contribution in [2.75, 3.05) is 0 Å². The number of hydrogen-bond acceptors (Lipinski definition) is 2. The lowest BCUT2D eigenvalue weighted by molar-refractivity contribution is 0.476. The highest BCUT2D eigenvalue weighted by Crippen LogP contribution is 2.37. The van der Waals surface area contributed by atoms with Gasteiger partial charge in [0.2, 0.25) is 0 Å². The first-order chi connectivity index (χ1) is 12.7. The Morgan fingerprint density at radius 2 is 1.50 bits per heavy atom. The summed E-state index contributed by atoms with van der Waals surface area (Å²) in [7, 11) is 0. The average Bonchev–Trinajstić information content (AvgIpc) is 2.69. The molecule has 4 aromatic rings. The van der Waals surface area contributed by atoms with Crippen LogP contribution in [0, 0.1) is 6.92 Å². The van der Waals surface area contributed by atoms with E-state index in [9.17, 15) is 5.11 Å². The molecule has 2 heteroatoms. The highest BCUT2D eigenvalue weighted by atomic mass is 16.3. The molecule has 1 N–H and O–H groups in total. The van der Waals surface area contributed by atoms with Crippen molar-refractivity contribution in [2.45, 2.75) is 6.92 Å². The fraction of sp³-hybridized carbons (Fsp3) is 0.0417. The van der Waals surface area contributed by atoms with Crippen molar-refractivity contribution in [3.63, 3.8) is 0 Å². The number of aliphatic imine (C=N–C) groups is 1. The van der Waals surface area contributed by atoms with Gasteiger partial charge in [-0.3, -0.25) is 4.99 Å². The normalized spacial score (nSPS) is 11.3. The van der Waals surface area contributed by atoms with Gasteiger partial charge in [0.15, 0.2) is 0 Å². The fourth-order valence-corrected chi connectivity index (χ4v) is 3.23. The Morgan fingerprint density at radius 3 is 2.35 bits per heavy atom. The van der Waals surface area contributed by atoms with Crippen LogP contribution < -0.4 is 0 Å². The Morgan fingerprint density at radius 1 is 0.769 bits per heavy atom. The monoisotopic (exact) mass is 337 g/mol. The first-order valence-electron chi connectivity index (χ1n) is 8.63. The SMILES string of the molecule is Cc1cc(C=Nc2ccccc2)c(O)c(-c2cccc3ccccc23)c1. The molecule has 126 valence electrons. The van der Waals surface area contributed by atoms with E-state index >= 15 is 0 Å². The summed E-state index contributed by atoms with van der Waals surface area (Å²) < 4.78 is 0. The summed E-state index contributed by atoms with van der Waals surface area (Å²) in [5.41, 5.74) is 4.52. The van der Waals surface area contributed by atoms with Crippen molar-refractivity contribution >= 4 is 22.7 Å². The van der Waals surface area contributed by atoms with Crippen LogP contribution in [0.25, 0.3) is 21.9 Å². The summed E-state index contributed by atoms with van der Waals surface area (Å²) in [5, 5.41) is 13.2. The number of benzene rings is 4. The molecule has 0 spiro atoms. The summed E-state index contributed by atoms with van der Waals surface area (Å²) in [5.74, 6) is 0.256. The molecule has 26 heavy (non-hydrogen) atoms. The van der Waals surface area contributed by atoms with Gasteiger partial charge in [0.25, 0.3) is 0 Å². The van der Waals surface area contributed by atoms with Gasteiger partial charge in [0.1, 0.15) is 5.75 Å². The maximum absolute atomic E-state index is 10.9. The van der Waals surface area contributed by atoms with Crippen molar-refractivity contribution in [3.05, 3.63) is 96.1 Å². The summed E-state index contributed by atoms with van der Waals surface area (Å²) in [6.07, 6.45) is 1.73. The molecule has 0 radical (unpaired) electrons. The number of rotatable bonds is 3. The largest absolute Gasteiger partial charge is 0.507 e. The molecule has 0 bridgehead atoms. The number of aryl methyl sites for hydroxylation is 1. The quantitative estimate of drug-likeness (QED) is 0.439. The van der Waals surface area contributed by atoms with E-state index in [-0.39, 0.29) is 5.75 Å². The highest BCUT2D eigenvalue weighted by molar-refractivity contribution is 6.00. The van der Waals surface area contributed by atoms with Gasteiger partial charge in [-0.05, 0) is 53.1 Å². The number of phenols is 1. The minimum absolute atomic E-state index is 0.256. The molecule has 0 heterocycles. The number of aromatic hydroxyl groups is 1. The molecule has 2 nitrogen and oxygen atoms in total. The van der Waals surface area contributed by atoms with Gasteiger partial charge < -0.3 is 5.11 Å². The second kappa shape index (κ2) is 6.85. The van der Waals surface area contributed by atoms with Gasteiger partial charge >= 0.3 is 0 Å². The standard InChI is InChI=1S/C24H19NO/c1-17-14-19(16-25-20-10-3-2-4-11-20)24(26)23(15-17)22-13-7-9-18-8-5-6-12-21(18)22/h2-16,26H,1H3. The Labute approximate surface area is 153 Å². The van der Waals surface area contributed by atoms with Gasteiger partial charge in [-0.15, -0.1) is 0 Å². The van der Waals surface area contributed by atoms with E-state index < -0.39 is 0 Å². The third-order valence-electron chi connectivity index (χ3n) is 4.47. The zero-order chi connectivity index (χ0) is 17.9. The van der Waals surface area contributed by atoms with Crippen molar-refractivity contribution < 1.29 is 5.11 Å². The van der Waals surface area contributed by atoms with Crippen LogP contribution >= 0.6 is 0 Å². The minimum atomic E-state index is 0.256. The molecule has 0 saturated heterocycles. The molecule has 0 atom stereocenters.